The monoisotopic (exact) mass is 1090 g/mol. The third-order valence-electron chi connectivity index (χ3n) is 12.8. The highest BCUT2D eigenvalue weighted by Gasteiger charge is 2.45. The van der Waals surface area contributed by atoms with Crippen molar-refractivity contribution in [2.24, 2.45) is 16.6 Å². The number of hydrogen-bond donors (Lipinski definition) is 6. The molecular formula is C57H74BFN7O9PS. The van der Waals surface area contributed by atoms with Crippen LogP contribution < -0.4 is 41.6 Å². The van der Waals surface area contributed by atoms with Crippen LogP contribution in [0.2, 0.25) is 0 Å². The number of rotatable bonds is 26. The number of ether oxygens (including phenoxy) is 4. The minimum absolute atomic E-state index is 0. The van der Waals surface area contributed by atoms with E-state index < -0.39 is 67.9 Å². The average Bonchev–Trinajstić information content (AvgIpc) is 3.86. The van der Waals surface area contributed by atoms with Crippen molar-refractivity contribution in [1.82, 2.24) is 26.4 Å². The molecule has 5 aromatic rings. The van der Waals surface area contributed by atoms with E-state index in [1.54, 1.807) is 20.8 Å². The molecule has 1 fully saturated rings. The van der Waals surface area contributed by atoms with E-state index in [9.17, 15) is 28.2 Å². The molecule has 16 nitrogen and oxygen atoms in total. The topological polar surface area (TPSA) is 221 Å². The molecule has 5 aromatic carbocycles. The van der Waals surface area contributed by atoms with Crippen molar-refractivity contribution in [1.29, 1.82) is 0 Å². The van der Waals surface area contributed by atoms with Gasteiger partial charge in [0, 0.05) is 24.2 Å². The maximum atomic E-state index is 14.6. The lowest BCUT2D eigenvalue weighted by Crippen LogP contribution is -2.60. The molecule has 3 atom stereocenters. The lowest BCUT2D eigenvalue weighted by Gasteiger charge is -2.31. The summed E-state index contributed by atoms with van der Waals surface area (Å²) in [6, 6.07) is 30.4. The molecular weight excluding hydrogens is 1020 g/mol. The molecule has 0 aliphatic heterocycles. The number of nitrogens with one attached hydrogen (secondary N) is 5. The fraction of sp³-hybridized carbons (Fsp3) is 0.439. The number of guanidine groups is 1. The second-order valence-electron chi connectivity index (χ2n) is 20.4. The highest BCUT2D eigenvalue weighted by Crippen LogP contribution is 2.45. The Kier molecular flexibility index (Phi) is 23.7. The van der Waals surface area contributed by atoms with E-state index in [1.807, 2.05) is 103 Å². The zero-order valence-corrected chi connectivity index (χ0v) is 46.6. The molecule has 1 aliphatic carbocycles. The molecule has 1 aliphatic rings. The number of fused-ring (bicyclic) bond motifs is 2. The third-order valence-corrected chi connectivity index (χ3v) is 13.2. The number of aliphatic imine (C=N–C) groups is 1. The van der Waals surface area contributed by atoms with Crippen LogP contribution in [0.1, 0.15) is 104 Å². The molecule has 2 radical (unpaired) electrons. The maximum Gasteiger partial charge on any atom is 0.407 e. The van der Waals surface area contributed by atoms with Crippen LogP contribution in [0.15, 0.2) is 108 Å². The van der Waals surface area contributed by atoms with E-state index in [2.05, 4.69) is 45.2 Å². The van der Waals surface area contributed by atoms with Gasteiger partial charge in [-0.25, -0.2) is 13.8 Å². The summed E-state index contributed by atoms with van der Waals surface area (Å²) in [4.78, 5) is 73.6. The van der Waals surface area contributed by atoms with Crippen molar-refractivity contribution >= 4 is 86.6 Å². The Labute approximate surface area is 461 Å². The Hall–Kier alpha value is -6.59. The number of esters is 1. The Morgan fingerprint density at radius 1 is 0.753 bits per heavy atom. The third kappa shape index (κ3) is 18.8. The standard InChI is InChI=1S/C57H72BFN7O9P.H2S/c1-38(2)30-35-72-46-28-26-40-20-9-11-22-42(40)49(46)50-43-23-12-10-21-41(43)27-29-47(50)73-37-48(67)63-44(24-13-16-33-62-55(71)75-56(3,4)5)51(68)64-45(25-17-34-61-54(60)66-76(58)59)52(69)65-57(31-14-15-32-57)53(70)74-36-39-18-7-6-8-19-39;/h6-12,18-23,26-29,38,44-45H,13-17,24-25,30-37H2,1-5H3,(H,62,71)(H,63,67)(H,64,68)(H,65,69)(H3,60,61,66);1H2/t44-,45-,76?;/m1./s1. The van der Waals surface area contributed by atoms with Gasteiger partial charge >= 0.3 is 12.1 Å². The summed E-state index contributed by atoms with van der Waals surface area (Å²) in [5.41, 5.74) is 6.07. The van der Waals surface area contributed by atoms with E-state index in [0.717, 1.165) is 44.7 Å². The molecule has 0 bridgehead atoms. The fourth-order valence-electron chi connectivity index (χ4n) is 9.01. The number of nitrogens with two attached hydrogens (primary N) is 1. The minimum atomic E-state index is -2.56. The minimum Gasteiger partial charge on any atom is -0.493 e. The predicted molar refractivity (Wildman–Crippen MR) is 308 cm³/mol. The molecule has 20 heteroatoms. The lowest BCUT2D eigenvalue weighted by molar-refractivity contribution is -0.155. The summed E-state index contributed by atoms with van der Waals surface area (Å²) in [6.07, 6.45) is 3.30. The highest BCUT2D eigenvalue weighted by molar-refractivity contribution is 7.76. The smallest absolute Gasteiger partial charge is 0.407 e. The molecule has 77 heavy (non-hydrogen) atoms. The summed E-state index contributed by atoms with van der Waals surface area (Å²) >= 11 is 0. The number of benzene rings is 5. The number of halogens is 1. The Bertz CT molecular complexity index is 2800. The molecule has 1 saturated carbocycles. The first-order chi connectivity index (χ1) is 36.4. The van der Waals surface area contributed by atoms with E-state index >= 15 is 0 Å². The van der Waals surface area contributed by atoms with E-state index in [1.165, 1.54) is 0 Å². The molecule has 412 valence electrons. The number of carbonyl (C=O) groups is 5. The van der Waals surface area contributed by atoms with Crippen LogP contribution in [0.4, 0.5) is 8.99 Å². The average molecular weight is 1090 g/mol. The van der Waals surface area contributed by atoms with Crippen molar-refractivity contribution in [3.8, 4) is 22.6 Å². The Morgan fingerprint density at radius 2 is 1.34 bits per heavy atom. The van der Waals surface area contributed by atoms with Gasteiger partial charge in [0.05, 0.1) is 6.61 Å². The summed E-state index contributed by atoms with van der Waals surface area (Å²) < 4.78 is 37.5. The first-order valence-corrected chi connectivity index (χ1v) is 27.4. The number of unbranched alkanes of at least 4 members (excludes halogenated alkanes) is 1. The van der Waals surface area contributed by atoms with Gasteiger partial charge in [0.25, 0.3) is 5.91 Å². The molecule has 6 rings (SSSR count). The van der Waals surface area contributed by atoms with Crippen molar-refractivity contribution in [3.05, 3.63) is 109 Å². The number of alkyl carbamates (subject to hydrolysis) is 1. The van der Waals surface area contributed by atoms with Crippen molar-refractivity contribution in [2.75, 3.05) is 26.3 Å². The molecule has 1 unspecified atom stereocenters. The quantitative estimate of drug-likeness (QED) is 0.00765. The van der Waals surface area contributed by atoms with Crippen LogP contribution in [-0.4, -0.2) is 92.8 Å². The zero-order valence-electron chi connectivity index (χ0n) is 44.8. The van der Waals surface area contributed by atoms with Crippen LogP contribution in [0.3, 0.4) is 0 Å². The van der Waals surface area contributed by atoms with Gasteiger partial charge in [0.15, 0.2) is 20.1 Å². The number of nitrogens with zero attached hydrogens (tertiary/aromatic N) is 1. The molecule has 0 heterocycles. The van der Waals surface area contributed by atoms with Crippen LogP contribution in [-0.2, 0) is 35.3 Å². The van der Waals surface area contributed by atoms with E-state index in [0.29, 0.717) is 62.5 Å². The zero-order chi connectivity index (χ0) is 54.7. The van der Waals surface area contributed by atoms with Gasteiger partial charge in [-0.3, -0.25) is 19.4 Å². The van der Waals surface area contributed by atoms with Gasteiger partial charge in [-0.2, -0.15) is 13.5 Å². The molecule has 4 amide bonds. The summed E-state index contributed by atoms with van der Waals surface area (Å²) in [6.45, 7) is 9.83. The predicted octanol–water partition coefficient (Wildman–Crippen LogP) is 9.46. The second-order valence-corrected chi connectivity index (χ2v) is 21.3. The van der Waals surface area contributed by atoms with Crippen molar-refractivity contribution < 1.29 is 47.1 Å². The molecule has 0 aromatic heterocycles. The van der Waals surface area contributed by atoms with Crippen molar-refractivity contribution in [3.63, 3.8) is 0 Å². The second kappa shape index (κ2) is 29.8. The van der Waals surface area contributed by atoms with Crippen LogP contribution >= 0.6 is 21.8 Å². The maximum absolute atomic E-state index is 14.6. The van der Waals surface area contributed by atoms with Gasteiger partial charge < -0.3 is 51.0 Å². The first-order valence-electron chi connectivity index (χ1n) is 26.1. The molecule has 0 spiro atoms. The number of hydrogen-bond acceptors (Lipinski definition) is 10. The van der Waals surface area contributed by atoms with Gasteiger partial charge in [-0.1, -0.05) is 118 Å². The van der Waals surface area contributed by atoms with E-state index in [4.69, 9.17) is 32.2 Å². The summed E-state index contributed by atoms with van der Waals surface area (Å²) in [5.74, 6) is -1.24. The Balaban J connectivity index is 0.0000109. The van der Waals surface area contributed by atoms with Crippen LogP contribution in [0.25, 0.3) is 32.7 Å². The van der Waals surface area contributed by atoms with Gasteiger partial charge in [0.1, 0.15) is 49.6 Å². The Morgan fingerprint density at radius 3 is 1.95 bits per heavy atom. The van der Waals surface area contributed by atoms with Gasteiger partial charge in [-0.15, -0.1) is 0 Å². The van der Waals surface area contributed by atoms with Crippen LogP contribution in [0, 0.1) is 5.92 Å². The van der Waals surface area contributed by atoms with E-state index in [-0.39, 0.29) is 58.4 Å². The SMILES string of the molecule is S.[B]P(F)NC(N)=NCCC[C@@H](NC(=O)[C@@H](CCCCNC(=O)OC(C)(C)C)NC(=O)COc1ccc2ccccc2c1-c1c(OCCC(C)C)ccc2ccccc12)C(=O)NC1(C(=O)OCc2ccccc2)CCCC1. The number of amides is 4. The summed E-state index contributed by atoms with van der Waals surface area (Å²) in [7, 11) is 2.67. The van der Waals surface area contributed by atoms with Gasteiger partial charge in [0.2, 0.25) is 11.8 Å². The van der Waals surface area contributed by atoms with Crippen molar-refractivity contribution in [2.45, 2.75) is 129 Å². The van der Waals surface area contributed by atoms with Gasteiger partial charge in [-0.05, 0) is 117 Å². The fourth-order valence-corrected chi connectivity index (χ4v) is 9.30. The first kappa shape index (κ1) is 61.3. The molecule has 7 N–H and O–H groups in total. The molecule has 0 saturated heterocycles. The number of carbonyl (C=O) groups excluding carboxylic acids is 5. The largest absolute Gasteiger partial charge is 0.493 e. The highest BCUT2D eigenvalue weighted by atomic mass is 32.1. The summed E-state index contributed by atoms with van der Waals surface area (Å²) in [5, 5.41) is 17.4. The normalized spacial score (nSPS) is 14.4. The lowest BCUT2D eigenvalue weighted by atomic mass is 9.92. The van der Waals surface area contributed by atoms with Crippen LogP contribution in [0.5, 0.6) is 11.5 Å².